The lowest BCUT2D eigenvalue weighted by Crippen LogP contribution is -2.38. The first kappa shape index (κ1) is 28.1. The van der Waals surface area contributed by atoms with Gasteiger partial charge < -0.3 is 34.9 Å². The summed E-state index contributed by atoms with van der Waals surface area (Å²) in [5.41, 5.74) is 6.43. The molecule has 0 radical (unpaired) electrons. The summed E-state index contributed by atoms with van der Waals surface area (Å²) in [6, 6.07) is 5.58. The monoisotopic (exact) mass is 563 g/mol. The van der Waals surface area contributed by atoms with Crippen molar-refractivity contribution in [2.45, 2.75) is 26.8 Å². The molecule has 0 saturated carbocycles. The maximum Gasteiger partial charge on any atom is 0.412 e. The summed E-state index contributed by atoms with van der Waals surface area (Å²) in [7, 11) is 1.58. The second-order valence-corrected chi connectivity index (χ2v) is 9.79. The summed E-state index contributed by atoms with van der Waals surface area (Å²) < 4.78 is 15.8. The van der Waals surface area contributed by atoms with Gasteiger partial charge in [-0.2, -0.15) is 0 Å². The van der Waals surface area contributed by atoms with Gasteiger partial charge in [0.15, 0.2) is 0 Å². The number of aryl methyl sites for hydroxylation is 1. The molecule has 3 aromatic rings. The van der Waals surface area contributed by atoms with Gasteiger partial charge in [-0.05, 0) is 49.6 Å². The Bertz CT molecular complexity index is 1450. The lowest BCUT2D eigenvalue weighted by Gasteiger charge is -2.34. The topological polar surface area (TPSA) is 151 Å². The van der Waals surface area contributed by atoms with E-state index in [0.29, 0.717) is 43.0 Å². The third-order valence-corrected chi connectivity index (χ3v) is 7.01. The van der Waals surface area contributed by atoms with Crippen LogP contribution in [0.15, 0.2) is 30.6 Å². The number of carboxylic acid groups (broad SMARTS) is 1. The highest BCUT2D eigenvalue weighted by Crippen LogP contribution is 2.39. The predicted octanol–water partition coefficient (Wildman–Crippen LogP) is 3.27. The van der Waals surface area contributed by atoms with Crippen molar-refractivity contribution in [2.75, 3.05) is 67.1 Å². The minimum atomic E-state index is -1.03. The van der Waals surface area contributed by atoms with Crippen LogP contribution >= 0.6 is 0 Å². The quantitative estimate of drug-likeness (QED) is 0.329. The molecule has 0 fully saturated rings. The number of fused-ring (bicyclic) bond motifs is 2. The fourth-order valence-corrected chi connectivity index (χ4v) is 4.91. The second-order valence-electron chi connectivity index (χ2n) is 9.79. The van der Waals surface area contributed by atoms with Crippen LogP contribution < -0.4 is 25.2 Å². The fraction of sp³-hybridized carbons (Fsp3) is 0.393. The van der Waals surface area contributed by atoms with Crippen molar-refractivity contribution in [1.82, 2.24) is 15.0 Å². The number of aromatic nitrogens is 3. The molecule has 0 atom stereocenters. The molecule has 2 aliphatic rings. The number of carbonyl (C=O) groups excluding carboxylic acids is 1. The standard InChI is InChI=1S/C28H33N7O6/c1-17-12-20(4-5-21(17)32-24(36)16-40-11-10-39-3)31-27-30-13-19-6-7-34(15-22(19)33-27)23-14-29-26-25(18(23)2)35(28(37)38)8-9-41-26/h4-5,12-14H,6-11,15-16H2,1-3H3,(H,32,36)(H,37,38)(H,30,31,33). The zero-order valence-electron chi connectivity index (χ0n) is 23.3. The van der Waals surface area contributed by atoms with Crippen LogP contribution in [-0.2, 0) is 27.2 Å². The molecule has 3 N–H and O–H groups in total. The number of benzene rings is 1. The molecule has 0 spiro atoms. The second kappa shape index (κ2) is 12.4. The Kier molecular flexibility index (Phi) is 8.45. The van der Waals surface area contributed by atoms with E-state index < -0.39 is 6.09 Å². The molecule has 0 unspecified atom stereocenters. The largest absolute Gasteiger partial charge is 0.474 e. The van der Waals surface area contributed by atoms with Crippen molar-refractivity contribution in [2.24, 2.45) is 0 Å². The molecular weight excluding hydrogens is 530 g/mol. The summed E-state index contributed by atoms with van der Waals surface area (Å²) in [6.45, 7) is 6.32. The van der Waals surface area contributed by atoms with Crippen LogP contribution in [0.2, 0.25) is 0 Å². The smallest absolute Gasteiger partial charge is 0.412 e. The van der Waals surface area contributed by atoms with E-state index in [4.69, 9.17) is 19.2 Å². The Morgan fingerprint density at radius 3 is 2.78 bits per heavy atom. The van der Waals surface area contributed by atoms with Crippen LogP contribution in [-0.4, -0.2) is 78.7 Å². The van der Waals surface area contributed by atoms with Crippen molar-refractivity contribution < 1.29 is 28.9 Å². The van der Waals surface area contributed by atoms with Gasteiger partial charge in [-0.15, -0.1) is 0 Å². The van der Waals surface area contributed by atoms with Crippen LogP contribution in [0.25, 0.3) is 0 Å². The van der Waals surface area contributed by atoms with Crippen LogP contribution in [0.3, 0.4) is 0 Å². The van der Waals surface area contributed by atoms with Gasteiger partial charge in [-0.1, -0.05) is 0 Å². The van der Waals surface area contributed by atoms with Gasteiger partial charge in [0.1, 0.15) is 18.9 Å². The number of hydrogen-bond acceptors (Lipinski definition) is 10. The number of rotatable bonds is 9. The van der Waals surface area contributed by atoms with Crippen LogP contribution in [0.4, 0.5) is 33.5 Å². The average molecular weight is 564 g/mol. The first-order valence-corrected chi connectivity index (χ1v) is 13.3. The van der Waals surface area contributed by atoms with E-state index in [1.54, 1.807) is 13.3 Å². The third-order valence-electron chi connectivity index (χ3n) is 7.01. The molecule has 0 bridgehead atoms. The molecule has 13 nitrogen and oxygen atoms in total. The molecule has 13 heteroatoms. The van der Waals surface area contributed by atoms with E-state index in [-0.39, 0.29) is 25.7 Å². The normalized spacial score (nSPS) is 14.1. The SMILES string of the molecule is COCCOCC(=O)Nc1ccc(Nc2ncc3c(n2)CN(c2cnc4c(c2C)N(C(=O)O)CCO4)CC3)cc1C. The first-order valence-electron chi connectivity index (χ1n) is 13.3. The first-order chi connectivity index (χ1) is 19.8. The van der Waals surface area contributed by atoms with Gasteiger partial charge in [-0.25, -0.2) is 19.7 Å². The van der Waals surface area contributed by atoms with E-state index in [0.717, 1.165) is 46.7 Å². The third kappa shape index (κ3) is 6.31. The van der Waals surface area contributed by atoms with Gasteiger partial charge in [-0.3, -0.25) is 9.69 Å². The Hall–Kier alpha value is -4.49. The predicted molar refractivity (Wildman–Crippen MR) is 152 cm³/mol. The highest BCUT2D eigenvalue weighted by molar-refractivity contribution is 5.93. The van der Waals surface area contributed by atoms with Crippen molar-refractivity contribution in [1.29, 1.82) is 0 Å². The van der Waals surface area contributed by atoms with Crippen LogP contribution in [0.1, 0.15) is 22.4 Å². The number of pyridine rings is 1. The Morgan fingerprint density at radius 1 is 1.15 bits per heavy atom. The number of nitrogens with zero attached hydrogens (tertiary/aromatic N) is 5. The highest BCUT2D eigenvalue weighted by atomic mass is 16.5. The summed E-state index contributed by atoms with van der Waals surface area (Å²) in [4.78, 5) is 41.1. The summed E-state index contributed by atoms with van der Waals surface area (Å²) >= 11 is 0. The molecule has 4 heterocycles. The van der Waals surface area contributed by atoms with E-state index in [9.17, 15) is 14.7 Å². The maximum atomic E-state index is 12.2. The maximum absolute atomic E-state index is 12.2. The van der Waals surface area contributed by atoms with Gasteiger partial charge in [0.25, 0.3) is 0 Å². The Balaban J connectivity index is 1.27. The van der Waals surface area contributed by atoms with Crippen LogP contribution in [0, 0.1) is 13.8 Å². The molecule has 0 aliphatic carbocycles. The van der Waals surface area contributed by atoms with Crippen molar-refractivity contribution in [3.05, 3.63) is 53.0 Å². The molecule has 1 aromatic carbocycles. The van der Waals surface area contributed by atoms with E-state index in [1.807, 2.05) is 38.2 Å². The van der Waals surface area contributed by atoms with Crippen LogP contribution in [0.5, 0.6) is 5.88 Å². The number of carbonyl (C=O) groups is 2. The van der Waals surface area contributed by atoms with E-state index in [1.165, 1.54) is 4.90 Å². The number of hydrogen-bond donors (Lipinski definition) is 3. The number of methoxy groups -OCH3 is 1. The summed E-state index contributed by atoms with van der Waals surface area (Å²) in [6.07, 6.45) is 3.29. The molecule has 0 saturated heterocycles. The zero-order chi connectivity index (χ0) is 28.9. The summed E-state index contributed by atoms with van der Waals surface area (Å²) in [5.74, 6) is 0.557. The lowest BCUT2D eigenvalue weighted by molar-refractivity contribution is -0.121. The highest BCUT2D eigenvalue weighted by Gasteiger charge is 2.30. The average Bonchev–Trinajstić information content (AvgIpc) is 2.96. The van der Waals surface area contributed by atoms with E-state index in [2.05, 4.69) is 25.5 Å². The van der Waals surface area contributed by atoms with Gasteiger partial charge in [0.2, 0.25) is 17.7 Å². The fourth-order valence-electron chi connectivity index (χ4n) is 4.91. The minimum Gasteiger partial charge on any atom is -0.474 e. The number of nitrogens with one attached hydrogen (secondary N) is 2. The van der Waals surface area contributed by atoms with Crippen molar-refractivity contribution in [3.63, 3.8) is 0 Å². The molecule has 5 rings (SSSR count). The Labute approximate surface area is 237 Å². The minimum absolute atomic E-state index is 0.0462. The van der Waals surface area contributed by atoms with E-state index >= 15 is 0 Å². The summed E-state index contributed by atoms with van der Waals surface area (Å²) in [5, 5.41) is 15.8. The molecule has 2 amide bonds. The molecular formula is C28H33N7O6. The number of ether oxygens (including phenoxy) is 3. The van der Waals surface area contributed by atoms with Crippen molar-refractivity contribution >= 4 is 40.7 Å². The molecule has 41 heavy (non-hydrogen) atoms. The van der Waals surface area contributed by atoms with Gasteiger partial charge >= 0.3 is 6.09 Å². The Morgan fingerprint density at radius 2 is 2.00 bits per heavy atom. The van der Waals surface area contributed by atoms with Crippen molar-refractivity contribution in [3.8, 4) is 5.88 Å². The van der Waals surface area contributed by atoms with Gasteiger partial charge in [0.05, 0.1) is 43.9 Å². The van der Waals surface area contributed by atoms with Gasteiger partial charge in [0, 0.05) is 36.8 Å². The molecule has 2 aromatic heterocycles. The lowest BCUT2D eigenvalue weighted by atomic mass is 10.0. The molecule has 2 aliphatic heterocycles. The number of amides is 2. The molecule has 216 valence electrons. The zero-order valence-corrected chi connectivity index (χ0v) is 23.3. The number of anilines is 5.